The van der Waals surface area contributed by atoms with Gasteiger partial charge in [-0.15, -0.1) is 11.6 Å². The Morgan fingerprint density at radius 3 is 2.56 bits per heavy atom. The molecule has 0 radical (unpaired) electrons. The predicted molar refractivity (Wildman–Crippen MR) is 56.4 cm³/mol. The summed E-state index contributed by atoms with van der Waals surface area (Å²) in [6, 6.07) is 3.68. The predicted octanol–water partition coefficient (Wildman–Crippen LogP) is 0.933. The summed E-state index contributed by atoms with van der Waals surface area (Å²) in [6.45, 7) is 0. The number of halogens is 1. The summed E-state index contributed by atoms with van der Waals surface area (Å²) in [5.74, 6) is -0.910. The molecule has 16 heavy (non-hydrogen) atoms. The summed E-state index contributed by atoms with van der Waals surface area (Å²) in [4.78, 5) is 9.73. The van der Waals surface area contributed by atoms with Crippen molar-refractivity contribution in [1.29, 1.82) is 0 Å². The van der Waals surface area contributed by atoms with Crippen LogP contribution in [0.3, 0.4) is 0 Å². The van der Waals surface area contributed by atoms with E-state index in [0.717, 1.165) is 6.07 Å². The molecule has 1 rings (SSSR count). The van der Waals surface area contributed by atoms with Crippen molar-refractivity contribution in [3.63, 3.8) is 0 Å². The minimum absolute atomic E-state index is 0.123. The molecule has 2 atom stereocenters. The molecular formula is C9H10ClNO5. The van der Waals surface area contributed by atoms with Crippen molar-refractivity contribution in [3.8, 4) is 5.75 Å². The van der Waals surface area contributed by atoms with Gasteiger partial charge in [0.15, 0.2) is 5.75 Å². The number of benzene rings is 1. The second kappa shape index (κ2) is 5.11. The number of phenols is 1. The number of para-hydroxylation sites is 1. The van der Waals surface area contributed by atoms with Gasteiger partial charge in [0.1, 0.15) is 6.10 Å². The number of hydrogen-bond acceptors (Lipinski definition) is 5. The van der Waals surface area contributed by atoms with Crippen LogP contribution in [-0.4, -0.2) is 32.2 Å². The number of phenolic OH excluding ortho intramolecular Hbond substituents is 1. The first-order valence-corrected chi connectivity index (χ1v) is 4.90. The first kappa shape index (κ1) is 12.7. The molecule has 0 aliphatic rings. The Morgan fingerprint density at radius 2 is 2.06 bits per heavy atom. The monoisotopic (exact) mass is 247 g/mol. The van der Waals surface area contributed by atoms with E-state index in [-0.39, 0.29) is 11.4 Å². The van der Waals surface area contributed by atoms with Gasteiger partial charge in [-0.25, -0.2) is 0 Å². The Bertz CT molecular complexity index is 397. The second-order valence-electron chi connectivity index (χ2n) is 3.14. The fraction of sp³-hybridized carbons (Fsp3) is 0.333. The van der Waals surface area contributed by atoms with Crippen molar-refractivity contribution in [3.05, 3.63) is 33.9 Å². The molecule has 0 spiro atoms. The Hall–Kier alpha value is -1.37. The van der Waals surface area contributed by atoms with E-state index in [0.29, 0.717) is 0 Å². The lowest BCUT2D eigenvalue weighted by Gasteiger charge is -2.16. The smallest absolute Gasteiger partial charge is 0.311 e. The molecule has 2 unspecified atom stereocenters. The van der Waals surface area contributed by atoms with E-state index in [2.05, 4.69) is 0 Å². The van der Waals surface area contributed by atoms with Crippen LogP contribution in [0.25, 0.3) is 0 Å². The van der Waals surface area contributed by atoms with Gasteiger partial charge in [0.05, 0.1) is 16.9 Å². The van der Waals surface area contributed by atoms with Gasteiger partial charge >= 0.3 is 5.69 Å². The first-order chi connectivity index (χ1) is 7.49. The number of alkyl halides is 1. The summed E-state index contributed by atoms with van der Waals surface area (Å²) in [5.41, 5.74) is -0.652. The Labute approximate surface area is 95.9 Å². The van der Waals surface area contributed by atoms with Crippen molar-refractivity contribution in [1.82, 2.24) is 0 Å². The first-order valence-electron chi connectivity index (χ1n) is 4.37. The summed E-state index contributed by atoms with van der Waals surface area (Å²) < 4.78 is 0. The van der Waals surface area contributed by atoms with Gasteiger partial charge in [-0.05, 0) is 0 Å². The number of nitro benzene ring substituents is 1. The van der Waals surface area contributed by atoms with Gasteiger partial charge in [-0.2, -0.15) is 0 Å². The molecule has 3 N–H and O–H groups in total. The van der Waals surface area contributed by atoms with Crippen LogP contribution >= 0.6 is 11.6 Å². The molecule has 1 aromatic rings. The molecule has 0 aromatic heterocycles. The van der Waals surface area contributed by atoms with Gasteiger partial charge in [0.25, 0.3) is 0 Å². The highest BCUT2D eigenvalue weighted by atomic mass is 35.5. The average Bonchev–Trinajstić information content (AvgIpc) is 2.27. The Balaban J connectivity index is 3.15. The molecule has 0 saturated heterocycles. The minimum Gasteiger partial charge on any atom is -0.502 e. The zero-order valence-corrected chi connectivity index (χ0v) is 8.83. The third kappa shape index (κ3) is 2.41. The van der Waals surface area contributed by atoms with Crippen LogP contribution in [0, 0.1) is 10.1 Å². The Morgan fingerprint density at radius 1 is 1.44 bits per heavy atom. The van der Waals surface area contributed by atoms with Gasteiger partial charge in [-0.1, -0.05) is 12.1 Å². The lowest BCUT2D eigenvalue weighted by atomic mass is 10.0. The molecule has 0 aliphatic heterocycles. The summed E-state index contributed by atoms with van der Waals surface area (Å²) in [7, 11) is 0. The number of nitrogens with zero attached hydrogens (tertiary/aromatic N) is 1. The summed E-state index contributed by atoms with van der Waals surface area (Å²) in [5, 5.41) is 38.9. The highest BCUT2D eigenvalue weighted by Gasteiger charge is 2.25. The largest absolute Gasteiger partial charge is 0.502 e. The van der Waals surface area contributed by atoms with Crippen LogP contribution in [0.15, 0.2) is 18.2 Å². The maximum Gasteiger partial charge on any atom is 0.311 e. The van der Waals surface area contributed by atoms with Gasteiger partial charge in [0, 0.05) is 11.6 Å². The quantitative estimate of drug-likeness (QED) is 0.417. The van der Waals surface area contributed by atoms with Crippen molar-refractivity contribution in [2.24, 2.45) is 0 Å². The molecular weight excluding hydrogens is 238 g/mol. The van der Waals surface area contributed by atoms with Gasteiger partial charge in [-0.3, -0.25) is 10.1 Å². The maximum atomic E-state index is 10.5. The molecule has 6 nitrogen and oxygen atoms in total. The van der Waals surface area contributed by atoms with Crippen LogP contribution in [0.4, 0.5) is 5.69 Å². The fourth-order valence-electron chi connectivity index (χ4n) is 1.23. The lowest BCUT2D eigenvalue weighted by molar-refractivity contribution is -0.386. The highest BCUT2D eigenvalue weighted by Crippen LogP contribution is 2.34. The van der Waals surface area contributed by atoms with E-state index in [1.54, 1.807) is 0 Å². The normalized spacial score (nSPS) is 14.4. The molecule has 0 fully saturated rings. The number of aliphatic hydroxyl groups excluding tert-OH is 2. The molecule has 1 aromatic carbocycles. The van der Waals surface area contributed by atoms with Crippen LogP contribution < -0.4 is 0 Å². The SMILES string of the molecule is O=[N+]([O-])c1cccc(C(O)C(O)CCl)c1O. The number of aromatic hydroxyl groups is 1. The van der Waals surface area contributed by atoms with E-state index in [1.165, 1.54) is 12.1 Å². The fourth-order valence-corrected chi connectivity index (χ4v) is 1.40. The molecule has 0 bridgehead atoms. The maximum absolute atomic E-state index is 10.5. The summed E-state index contributed by atoms with van der Waals surface area (Å²) >= 11 is 5.33. The molecule has 0 heterocycles. The Kier molecular flexibility index (Phi) is 4.05. The second-order valence-corrected chi connectivity index (χ2v) is 3.45. The standard InChI is InChI=1S/C9H10ClNO5/c10-4-7(12)9(14)5-2-1-3-6(8(5)13)11(15)16/h1-3,7,9,12-14H,4H2. The third-order valence-electron chi connectivity index (χ3n) is 2.08. The molecule has 7 heteroatoms. The highest BCUT2D eigenvalue weighted by molar-refractivity contribution is 6.18. The molecule has 0 aliphatic carbocycles. The zero-order chi connectivity index (χ0) is 12.3. The van der Waals surface area contributed by atoms with Crippen LogP contribution in [0.2, 0.25) is 0 Å². The van der Waals surface area contributed by atoms with Gasteiger partial charge in [0.2, 0.25) is 0 Å². The van der Waals surface area contributed by atoms with E-state index < -0.39 is 28.6 Å². The van der Waals surface area contributed by atoms with Crippen molar-refractivity contribution in [2.45, 2.75) is 12.2 Å². The average molecular weight is 248 g/mol. The number of aliphatic hydroxyl groups is 2. The van der Waals surface area contributed by atoms with Crippen molar-refractivity contribution >= 4 is 17.3 Å². The van der Waals surface area contributed by atoms with Crippen LogP contribution in [0.5, 0.6) is 5.75 Å². The molecule has 0 amide bonds. The van der Waals surface area contributed by atoms with Crippen LogP contribution in [-0.2, 0) is 0 Å². The summed E-state index contributed by atoms with van der Waals surface area (Å²) in [6.07, 6.45) is -2.76. The van der Waals surface area contributed by atoms with Crippen molar-refractivity contribution < 1.29 is 20.2 Å². The van der Waals surface area contributed by atoms with E-state index >= 15 is 0 Å². The van der Waals surface area contributed by atoms with E-state index in [9.17, 15) is 25.4 Å². The van der Waals surface area contributed by atoms with E-state index in [4.69, 9.17) is 11.6 Å². The third-order valence-corrected chi connectivity index (χ3v) is 2.40. The number of nitro groups is 1. The topological polar surface area (TPSA) is 104 Å². The molecule has 0 saturated carbocycles. The zero-order valence-electron chi connectivity index (χ0n) is 8.08. The van der Waals surface area contributed by atoms with Crippen LogP contribution in [0.1, 0.15) is 11.7 Å². The van der Waals surface area contributed by atoms with Gasteiger partial charge < -0.3 is 15.3 Å². The number of hydrogen-bond donors (Lipinski definition) is 3. The lowest BCUT2D eigenvalue weighted by Crippen LogP contribution is -2.19. The molecule has 88 valence electrons. The number of rotatable bonds is 4. The van der Waals surface area contributed by atoms with Crippen molar-refractivity contribution in [2.75, 3.05) is 5.88 Å². The van der Waals surface area contributed by atoms with E-state index in [1.807, 2.05) is 0 Å². The minimum atomic E-state index is -1.46.